The maximum atomic E-state index is 12.3. The average Bonchev–Trinajstić information content (AvgIpc) is 3.07. The van der Waals surface area contributed by atoms with E-state index in [4.69, 9.17) is 14.6 Å². The van der Waals surface area contributed by atoms with Crippen molar-refractivity contribution in [3.8, 4) is 5.75 Å². The maximum absolute atomic E-state index is 12.3. The Bertz CT molecular complexity index is 787. The molecule has 27 heavy (non-hydrogen) atoms. The summed E-state index contributed by atoms with van der Waals surface area (Å²) >= 11 is 0. The molecule has 0 bridgehead atoms. The van der Waals surface area contributed by atoms with Gasteiger partial charge in [-0.15, -0.1) is 0 Å². The predicted molar refractivity (Wildman–Crippen MR) is 96.8 cm³/mol. The Hall–Kier alpha value is -2.87. The minimum Gasteiger partial charge on any atom is -0.486 e. The number of aryl methyl sites for hydroxylation is 2. The molecule has 1 amide bonds. The summed E-state index contributed by atoms with van der Waals surface area (Å²) in [5.74, 6) is -0.508. The van der Waals surface area contributed by atoms with Crippen molar-refractivity contribution in [3.63, 3.8) is 0 Å². The Morgan fingerprint density at radius 1 is 1.33 bits per heavy atom. The van der Waals surface area contributed by atoms with Crippen molar-refractivity contribution in [1.29, 1.82) is 0 Å². The Balaban J connectivity index is 1.54. The molecule has 8 heteroatoms. The summed E-state index contributed by atoms with van der Waals surface area (Å²) in [4.78, 5) is 23.2. The van der Waals surface area contributed by atoms with Crippen molar-refractivity contribution in [2.24, 2.45) is 0 Å². The largest absolute Gasteiger partial charge is 0.486 e. The van der Waals surface area contributed by atoms with E-state index in [1.165, 1.54) is 12.1 Å². The van der Waals surface area contributed by atoms with Crippen LogP contribution in [-0.2, 0) is 16.1 Å². The molecule has 8 nitrogen and oxygen atoms in total. The summed E-state index contributed by atoms with van der Waals surface area (Å²) in [7, 11) is 0. The number of nitrogens with one attached hydrogen (secondary N) is 1. The van der Waals surface area contributed by atoms with Crippen LogP contribution in [0.1, 0.15) is 28.9 Å². The number of hydrogen-bond donors (Lipinski definition) is 2. The number of amides is 1. The quantitative estimate of drug-likeness (QED) is 0.765. The van der Waals surface area contributed by atoms with E-state index in [9.17, 15) is 9.59 Å². The van der Waals surface area contributed by atoms with Gasteiger partial charge in [0.05, 0.1) is 23.9 Å². The fraction of sp³-hybridized carbons (Fsp3) is 0.421. The number of ether oxygens (including phenoxy) is 2. The van der Waals surface area contributed by atoms with E-state index in [1.807, 2.05) is 19.2 Å². The van der Waals surface area contributed by atoms with E-state index in [2.05, 4.69) is 10.4 Å². The third kappa shape index (κ3) is 5.30. The van der Waals surface area contributed by atoms with Crippen molar-refractivity contribution in [3.05, 3.63) is 47.8 Å². The van der Waals surface area contributed by atoms with E-state index < -0.39 is 5.97 Å². The molecule has 1 aliphatic heterocycles. The second-order valence-corrected chi connectivity index (χ2v) is 6.49. The van der Waals surface area contributed by atoms with Crippen molar-refractivity contribution < 1.29 is 24.2 Å². The first kappa shape index (κ1) is 18.9. The van der Waals surface area contributed by atoms with Gasteiger partial charge in [-0.2, -0.15) is 5.10 Å². The molecule has 0 saturated carbocycles. The summed E-state index contributed by atoms with van der Waals surface area (Å²) in [6.45, 7) is 3.35. The number of aromatic nitrogens is 2. The number of aromatic carboxylic acids is 1. The van der Waals surface area contributed by atoms with Gasteiger partial charge < -0.3 is 19.9 Å². The molecule has 0 radical (unpaired) electrons. The molecule has 1 aromatic heterocycles. The average molecular weight is 373 g/mol. The molecule has 3 rings (SSSR count). The lowest BCUT2D eigenvalue weighted by Gasteiger charge is -2.32. The molecular weight excluding hydrogens is 350 g/mol. The van der Waals surface area contributed by atoms with Crippen LogP contribution in [0.2, 0.25) is 0 Å². The summed E-state index contributed by atoms with van der Waals surface area (Å²) < 4.78 is 13.1. The van der Waals surface area contributed by atoms with Gasteiger partial charge in [0.2, 0.25) is 5.91 Å². The molecule has 0 spiro atoms. The highest BCUT2D eigenvalue weighted by molar-refractivity contribution is 5.87. The van der Waals surface area contributed by atoms with Crippen LogP contribution < -0.4 is 10.1 Å². The van der Waals surface area contributed by atoms with Crippen LogP contribution in [0.3, 0.4) is 0 Å². The minimum atomic E-state index is -0.986. The van der Waals surface area contributed by atoms with E-state index in [1.54, 1.807) is 16.8 Å². The second-order valence-electron chi connectivity index (χ2n) is 6.49. The van der Waals surface area contributed by atoms with E-state index in [0.29, 0.717) is 38.3 Å². The van der Waals surface area contributed by atoms with Gasteiger partial charge in [-0.1, -0.05) is 0 Å². The fourth-order valence-electron chi connectivity index (χ4n) is 2.93. The Morgan fingerprint density at radius 2 is 2.11 bits per heavy atom. The minimum absolute atomic E-state index is 0.0649. The molecule has 1 aliphatic rings. The van der Waals surface area contributed by atoms with E-state index in [0.717, 1.165) is 5.69 Å². The zero-order chi connectivity index (χ0) is 19.2. The Kier molecular flexibility index (Phi) is 6.08. The van der Waals surface area contributed by atoms with Crippen molar-refractivity contribution >= 4 is 11.9 Å². The molecule has 144 valence electrons. The monoisotopic (exact) mass is 373 g/mol. The molecule has 1 aromatic carbocycles. The molecule has 2 heterocycles. The third-order valence-electron chi connectivity index (χ3n) is 4.38. The van der Waals surface area contributed by atoms with Crippen LogP contribution in [0, 0.1) is 6.92 Å². The number of nitrogens with zero attached hydrogens (tertiary/aromatic N) is 2. The fourth-order valence-corrected chi connectivity index (χ4v) is 2.93. The highest BCUT2D eigenvalue weighted by atomic mass is 16.5. The SMILES string of the molecule is Cc1ccn(CCC(=O)N[C@@H]2CCOC[C@H]2Oc2ccc(C(=O)O)cc2)n1. The number of carboxylic acids is 1. The highest BCUT2D eigenvalue weighted by Crippen LogP contribution is 2.19. The highest BCUT2D eigenvalue weighted by Gasteiger charge is 2.29. The smallest absolute Gasteiger partial charge is 0.335 e. The van der Waals surface area contributed by atoms with Crippen LogP contribution in [0.15, 0.2) is 36.5 Å². The number of carbonyl (C=O) groups excluding carboxylic acids is 1. The van der Waals surface area contributed by atoms with Gasteiger partial charge >= 0.3 is 5.97 Å². The third-order valence-corrected chi connectivity index (χ3v) is 4.38. The Morgan fingerprint density at radius 3 is 2.78 bits per heavy atom. The molecule has 1 saturated heterocycles. The van der Waals surface area contributed by atoms with Gasteiger partial charge in [-0.3, -0.25) is 9.48 Å². The molecule has 2 N–H and O–H groups in total. The van der Waals surface area contributed by atoms with Crippen molar-refractivity contribution in [1.82, 2.24) is 15.1 Å². The molecule has 2 atom stereocenters. The number of hydrogen-bond acceptors (Lipinski definition) is 5. The van der Waals surface area contributed by atoms with Crippen molar-refractivity contribution in [2.75, 3.05) is 13.2 Å². The van der Waals surface area contributed by atoms with Crippen molar-refractivity contribution in [2.45, 2.75) is 38.5 Å². The van der Waals surface area contributed by atoms with Crippen LogP contribution in [-0.4, -0.2) is 52.1 Å². The van der Waals surface area contributed by atoms with Gasteiger partial charge in [0.15, 0.2) is 0 Å². The summed E-state index contributed by atoms with van der Waals surface area (Å²) in [6.07, 6.45) is 2.51. The standard InChI is InChI=1S/C19H23N3O5/c1-13-6-9-22(21-13)10-7-18(23)20-16-8-11-26-12-17(16)27-15-4-2-14(3-5-15)19(24)25/h2-6,9,16-17H,7-8,10-12H2,1H3,(H,20,23)(H,24,25)/t16-,17-/m1/s1. The topological polar surface area (TPSA) is 103 Å². The summed E-state index contributed by atoms with van der Waals surface area (Å²) in [5.41, 5.74) is 1.11. The van der Waals surface area contributed by atoms with Gasteiger partial charge in [0.25, 0.3) is 0 Å². The molecule has 0 unspecified atom stereocenters. The van der Waals surface area contributed by atoms with Crippen LogP contribution in [0.4, 0.5) is 0 Å². The van der Waals surface area contributed by atoms with Gasteiger partial charge in [-0.25, -0.2) is 4.79 Å². The molecule has 0 aliphatic carbocycles. The molecular formula is C19H23N3O5. The Labute approximate surface area is 157 Å². The van der Waals surface area contributed by atoms with E-state index in [-0.39, 0.29) is 23.6 Å². The predicted octanol–water partition coefficient (Wildman–Crippen LogP) is 1.63. The number of carbonyl (C=O) groups is 2. The lowest BCUT2D eigenvalue weighted by molar-refractivity contribution is -0.124. The van der Waals surface area contributed by atoms with E-state index >= 15 is 0 Å². The summed E-state index contributed by atoms with van der Waals surface area (Å²) in [6, 6.07) is 7.93. The normalized spacial score (nSPS) is 19.4. The first-order valence-corrected chi connectivity index (χ1v) is 8.88. The summed E-state index contributed by atoms with van der Waals surface area (Å²) in [5, 5.41) is 16.2. The lowest BCUT2D eigenvalue weighted by Crippen LogP contribution is -2.51. The maximum Gasteiger partial charge on any atom is 0.335 e. The first-order valence-electron chi connectivity index (χ1n) is 8.88. The molecule has 2 aromatic rings. The number of carboxylic acid groups (broad SMARTS) is 1. The van der Waals surface area contributed by atoms with Crippen LogP contribution in [0.5, 0.6) is 5.75 Å². The molecule has 1 fully saturated rings. The lowest BCUT2D eigenvalue weighted by atomic mass is 10.1. The van der Waals surface area contributed by atoms with Gasteiger partial charge in [0.1, 0.15) is 11.9 Å². The van der Waals surface area contributed by atoms with Crippen LogP contribution in [0.25, 0.3) is 0 Å². The number of benzene rings is 1. The van der Waals surface area contributed by atoms with Gasteiger partial charge in [-0.05, 0) is 43.7 Å². The first-order chi connectivity index (χ1) is 13.0. The zero-order valence-electron chi connectivity index (χ0n) is 15.1. The van der Waals surface area contributed by atoms with Gasteiger partial charge in [0, 0.05) is 25.8 Å². The van der Waals surface area contributed by atoms with Crippen LogP contribution >= 0.6 is 0 Å². The second kappa shape index (κ2) is 8.68. The number of rotatable bonds is 7. The zero-order valence-corrected chi connectivity index (χ0v) is 15.1.